The number of aliphatic hydroxyl groups is 1. The van der Waals surface area contributed by atoms with Crippen LogP contribution in [0.3, 0.4) is 0 Å². The Bertz CT molecular complexity index is 383. The van der Waals surface area contributed by atoms with Crippen LogP contribution in [0.2, 0.25) is 0 Å². The highest BCUT2D eigenvalue weighted by molar-refractivity contribution is 5.80. The summed E-state index contributed by atoms with van der Waals surface area (Å²) in [6, 6.07) is 8.58. The summed E-state index contributed by atoms with van der Waals surface area (Å²) in [6.45, 7) is 3.33. The summed E-state index contributed by atoms with van der Waals surface area (Å²) < 4.78 is 13.3. The van der Waals surface area contributed by atoms with Crippen molar-refractivity contribution in [3.63, 3.8) is 0 Å². The van der Waals surface area contributed by atoms with Crippen molar-refractivity contribution in [2.24, 2.45) is 0 Å². The molecule has 0 aliphatic heterocycles. The monoisotopic (exact) mass is 253 g/mol. The lowest BCUT2D eigenvalue weighted by Gasteiger charge is -2.30. The molecule has 0 radical (unpaired) electrons. The molecule has 1 rings (SSSR count). The van der Waals surface area contributed by atoms with E-state index < -0.39 is 24.2 Å². The van der Waals surface area contributed by atoms with Gasteiger partial charge in [0.1, 0.15) is 0 Å². The number of likely N-dealkylation sites (N-methyl/N-ethyl adjacent to an activating group) is 1. The van der Waals surface area contributed by atoms with E-state index in [2.05, 4.69) is 0 Å². The number of rotatable bonds is 5. The van der Waals surface area contributed by atoms with E-state index in [-0.39, 0.29) is 6.42 Å². The van der Waals surface area contributed by atoms with Gasteiger partial charge in [-0.15, -0.1) is 0 Å². The second-order valence-electron chi connectivity index (χ2n) is 4.42. The fourth-order valence-electron chi connectivity index (χ4n) is 1.74. The van der Waals surface area contributed by atoms with Gasteiger partial charge >= 0.3 is 0 Å². The minimum atomic E-state index is -1.50. The average Bonchev–Trinajstić information content (AvgIpc) is 2.44. The maximum Gasteiger partial charge on any atom is 0.257 e. The zero-order chi connectivity index (χ0) is 13.7. The van der Waals surface area contributed by atoms with E-state index in [0.29, 0.717) is 0 Å². The van der Waals surface area contributed by atoms with Crippen molar-refractivity contribution in [3.05, 3.63) is 35.9 Å². The fraction of sp³-hybridized carbons (Fsp3) is 0.500. The highest BCUT2D eigenvalue weighted by atomic mass is 19.1. The summed E-state index contributed by atoms with van der Waals surface area (Å²) in [6.07, 6.45) is -2.17. The number of nitrogens with zero attached hydrogens (tertiary/aromatic N) is 1. The van der Waals surface area contributed by atoms with Gasteiger partial charge in [-0.25, -0.2) is 4.39 Å². The van der Waals surface area contributed by atoms with Crippen molar-refractivity contribution in [3.8, 4) is 0 Å². The third kappa shape index (κ3) is 3.29. The van der Waals surface area contributed by atoms with E-state index >= 15 is 0 Å². The third-order valence-electron chi connectivity index (χ3n) is 3.18. The predicted molar refractivity (Wildman–Crippen MR) is 68.8 cm³/mol. The second kappa shape index (κ2) is 6.50. The zero-order valence-corrected chi connectivity index (χ0v) is 11.0. The number of hydrogen-bond donors (Lipinski definition) is 1. The number of halogens is 1. The van der Waals surface area contributed by atoms with Crippen molar-refractivity contribution in [2.75, 3.05) is 7.05 Å². The van der Waals surface area contributed by atoms with E-state index in [9.17, 15) is 14.3 Å². The molecule has 3 atom stereocenters. The molecule has 0 heterocycles. The lowest BCUT2D eigenvalue weighted by molar-refractivity contribution is -0.139. The molecule has 0 aromatic heterocycles. The van der Waals surface area contributed by atoms with Crippen LogP contribution in [0.25, 0.3) is 0 Å². The maximum absolute atomic E-state index is 13.3. The average molecular weight is 253 g/mol. The van der Waals surface area contributed by atoms with Crippen LogP contribution in [-0.4, -0.2) is 35.2 Å². The number of amides is 1. The molecule has 1 N–H and O–H groups in total. The van der Waals surface area contributed by atoms with Gasteiger partial charge in [0.25, 0.3) is 5.91 Å². The summed E-state index contributed by atoms with van der Waals surface area (Å²) in [5.74, 6) is -0.583. The van der Waals surface area contributed by atoms with Gasteiger partial charge in [-0.1, -0.05) is 37.3 Å². The first-order valence-electron chi connectivity index (χ1n) is 6.12. The predicted octanol–water partition coefficient (Wildman–Crippen LogP) is 2.32. The highest BCUT2D eigenvalue weighted by Crippen LogP contribution is 2.20. The van der Waals surface area contributed by atoms with Gasteiger partial charge in [-0.2, -0.15) is 0 Å². The number of carbonyl (C=O) groups is 1. The Morgan fingerprint density at radius 1 is 1.39 bits per heavy atom. The molecule has 1 aromatic rings. The van der Waals surface area contributed by atoms with Gasteiger partial charge in [0, 0.05) is 7.05 Å². The number of hydrogen-bond acceptors (Lipinski definition) is 2. The molecule has 1 aromatic carbocycles. The number of benzene rings is 1. The van der Waals surface area contributed by atoms with Gasteiger partial charge in [0.05, 0.1) is 12.1 Å². The molecule has 4 heteroatoms. The van der Waals surface area contributed by atoms with E-state index in [1.807, 2.05) is 18.2 Å². The molecule has 0 aliphatic rings. The zero-order valence-electron chi connectivity index (χ0n) is 11.0. The SMILES string of the molecule is CC[C@@H](F)C(=O)N(C)[C@@H](C)[C@@H](O)c1ccccc1. The van der Waals surface area contributed by atoms with Gasteiger partial charge in [0.15, 0.2) is 6.17 Å². The minimum absolute atomic E-state index is 0.150. The molecule has 18 heavy (non-hydrogen) atoms. The van der Waals surface area contributed by atoms with E-state index in [4.69, 9.17) is 0 Å². The summed E-state index contributed by atoms with van der Waals surface area (Å²) in [5.41, 5.74) is 0.719. The van der Waals surface area contributed by atoms with Crippen molar-refractivity contribution < 1.29 is 14.3 Å². The first-order valence-corrected chi connectivity index (χ1v) is 6.12. The standard InChI is InChI=1S/C14H20FNO2/c1-4-12(15)14(18)16(3)10(2)13(17)11-8-6-5-7-9-11/h5-10,12-13,17H,4H2,1-3H3/t10-,12+,13+/m0/s1. The second-order valence-corrected chi connectivity index (χ2v) is 4.42. The molecule has 0 bridgehead atoms. The summed E-state index contributed by atoms with van der Waals surface area (Å²) >= 11 is 0. The van der Waals surface area contributed by atoms with Crippen LogP contribution in [0.1, 0.15) is 31.9 Å². The van der Waals surface area contributed by atoms with E-state index in [1.54, 1.807) is 26.0 Å². The van der Waals surface area contributed by atoms with Crippen LogP contribution >= 0.6 is 0 Å². The van der Waals surface area contributed by atoms with Crippen LogP contribution in [0, 0.1) is 0 Å². The molecule has 1 amide bonds. The molecule has 0 saturated heterocycles. The number of alkyl halides is 1. The Morgan fingerprint density at radius 3 is 2.44 bits per heavy atom. The van der Waals surface area contributed by atoms with Crippen LogP contribution in [0.5, 0.6) is 0 Å². The normalized spacial score (nSPS) is 15.8. The molecule has 0 spiro atoms. The Hall–Kier alpha value is -1.42. The molecule has 0 fully saturated rings. The summed E-state index contributed by atoms with van der Waals surface area (Å²) in [7, 11) is 1.52. The van der Waals surface area contributed by atoms with Crippen molar-refractivity contribution >= 4 is 5.91 Å². The minimum Gasteiger partial charge on any atom is -0.386 e. The largest absolute Gasteiger partial charge is 0.386 e. The quantitative estimate of drug-likeness (QED) is 0.874. The molecule has 0 aliphatic carbocycles. The third-order valence-corrected chi connectivity index (χ3v) is 3.18. The summed E-state index contributed by atoms with van der Waals surface area (Å²) in [5, 5.41) is 10.1. The smallest absolute Gasteiger partial charge is 0.257 e. The Kier molecular flexibility index (Phi) is 5.28. The van der Waals surface area contributed by atoms with Gasteiger partial charge in [0.2, 0.25) is 0 Å². The summed E-state index contributed by atoms with van der Waals surface area (Å²) in [4.78, 5) is 13.0. The van der Waals surface area contributed by atoms with Gasteiger partial charge in [-0.3, -0.25) is 4.79 Å². The van der Waals surface area contributed by atoms with Crippen LogP contribution in [-0.2, 0) is 4.79 Å². The van der Waals surface area contributed by atoms with Gasteiger partial charge in [-0.05, 0) is 18.9 Å². The van der Waals surface area contributed by atoms with Crippen molar-refractivity contribution in [1.29, 1.82) is 0 Å². The van der Waals surface area contributed by atoms with E-state index in [1.165, 1.54) is 11.9 Å². The topological polar surface area (TPSA) is 40.5 Å². The Labute approximate surface area is 107 Å². The van der Waals surface area contributed by atoms with Crippen molar-refractivity contribution in [2.45, 2.75) is 38.6 Å². The molecule has 3 nitrogen and oxygen atoms in total. The lowest BCUT2D eigenvalue weighted by atomic mass is 10.0. The van der Waals surface area contributed by atoms with E-state index in [0.717, 1.165) is 5.56 Å². The highest BCUT2D eigenvalue weighted by Gasteiger charge is 2.27. The van der Waals surface area contributed by atoms with Gasteiger partial charge < -0.3 is 10.0 Å². The van der Waals surface area contributed by atoms with Crippen LogP contribution in [0.4, 0.5) is 4.39 Å². The fourth-order valence-corrected chi connectivity index (χ4v) is 1.74. The van der Waals surface area contributed by atoms with Crippen molar-refractivity contribution in [1.82, 2.24) is 4.90 Å². The Balaban J connectivity index is 2.75. The number of carbonyl (C=O) groups excluding carboxylic acids is 1. The first kappa shape index (κ1) is 14.6. The molecule has 0 unspecified atom stereocenters. The Morgan fingerprint density at radius 2 is 1.94 bits per heavy atom. The first-order chi connectivity index (χ1) is 8.49. The molecular weight excluding hydrogens is 233 g/mol. The maximum atomic E-state index is 13.3. The van der Waals surface area contributed by atoms with Crippen LogP contribution in [0.15, 0.2) is 30.3 Å². The molecular formula is C14H20FNO2. The number of aliphatic hydroxyl groups excluding tert-OH is 1. The van der Waals surface area contributed by atoms with Crippen LogP contribution < -0.4 is 0 Å². The molecule has 100 valence electrons. The molecule has 0 saturated carbocycles. The lowest BCUT2D eigenvalue weighted by Crippen LogP contribution is -2.42.